The van der Waals surface area contributed by atoms with Gasteiger partial charge in [-0.3, -0.25) is 14.7 Å². The van der Waals surface area contributed by atoms with Gasteiger partial charge in [0.25, 0.3) is 5.91 Å². The van der Waals surface area contributed by atoms with Crippen LogP contribution in [0.25, 0.3) is 0 Å². The maximum atomic E-state index is 12.9. The van der Waals surface area contributed by atoms with Gasteiger partial charge in [0.2, 0.25) is 0 Å². The van der Waals surface area contributed by atoms with Gasteiger partial charge in [-0.25, -0.2) is 0 Å². The third-order valence-corrected chi connectivity index (χ3v) is 5.18. The second-order valence-electron chi connectivity index (χ2n) is 5.99. The molecule has 1 aliphatic heterocycles. The van der Waals surface area contributed by atoms with E-state index in [0.29, 0.717) is 11.3 Å². The number of hydrogen-bond acceptors (Lipinski definition) is 5. The zero-order valence-corrected chi connectivity index (χ0v) is 15.5. The van der Waals surface area contributed by atoms with Crippen LogP contribution in [0.3, 0.4) is 0 Å². The van der Waals surface area contributed by atoms with Gasteiger partial charge in [0.05, 0.1) is 12.7 Å². The largest absolute Gasteiger partial charge is 0.496 e. The Balaban J connectivity index is 1.62. The molecule has 132 valence electrons. The van der Waals surface area contributed by atoms with Crippen molar-refractivity contribution in [3.63, 3.8) is 0 Å². The minimum absolute atomic E-state index is 0.0491. The van der Waals surface area contributed by atoms with E-state index in [1.54, 1.807) is 18.9 Å². The first-order chi connectivity index (χ1) is 12.2. The Hall–Kier alpha value is -2.05. The highest BCUT2D eigenvalue weighted by molar-refractivity contribution is 7.98. The van der Waals surface area contributed by atoms with Crippen LogP contribution in [0.4, 0.5) is 0 Å². The summed E-state index contributed by atoms with van der Waals surface area (Å²) in [5, 5.41) is 0. The Morgan fingerprint density at radius 3 is 2.52 bits per heavy atom. The lowest BCUT2D eigenvalue weighted by Gasteiger charge is -2.35. The van der Waals surface area contributed by atoms with Crippen molar-refractivity contribution in [3.8, 4) is 5.75 Å². The molecule has 0 saturated carbocycles. The normalized spacial score (nSPS) is 15.2. The molecule has 5 nitrogen and oxygen atoms in total. The molecule has 6 heteroatoms. The molecular weight excluding hydrogens is 334 g/mol. The Morgan fingerprint density at radius 2 is 1.88 bits per heavy atom. The predicted molar refractivity (Wildman–Crippen MR) is 100 cm³/mol. The molecule has 1 aromatic carbocycles. The van der Waals surface area contributed by atoms with Crippen molar-refractivity contribution >= 4 is 17.7 Å². The van der Waals surface area contributed by atoms with E-state index in [1.165, 1.54) is 5.56 Å². The smallest absolute Gasteiger partial charge is 0.257 e. The van der Waals surface area contributed by atoms with Crippen molar-refractivity contribution in [1.82, 2.24) is 14.8 Å². The Kier molecular flexibility index (Phi) is 5.94. The lowest BCUT2D eigenvalue weighted by Crippen LogP contribution is -2.48. The fraction of sp³-hybridized carbons (Fsp3) is 0.368. The van der Waals surface area contributed by atoms with Gasteiger partial charge in [-0.2, -0.15) is 0 Å². The van der Waals surface area contributed by atoms with E-state index < -0.39 is 0 Å². The van der Waals surface area contributed by atoms with Gasteiger partial charge in [0, 0.05) is 50.0 Å². The second-order valence-corrected chi connectivity index (χ2v) is 6.87. The summed E-state index contributed by atoms with van der Waals surface area (Å²) >= 11 is 1.64. The highest BCUT2D eigenvalue weighted by atomic mass is 32.2. The molecule has 0 aliphatic carbocycles. The third-order valence-electron chi connectivity index (χ3n) is 4.45. The highest BCUT2D eigenvalue weighted by Gasteiger charge is 2.24. The number of ether oxygens (including phenoxy) is 1. The number of aromatic nitrogens is 1. The van der Waals surface area contributed by atoms with Gasteiger partial charge in [0.15, 0.2) is 0 Å². The number of pyridine rings is 1. The van der Waals surface area contributed by atoms with Crippen LogP contribution in [0.2, 0.25) is 0 Å². The van der Waals surface area contributed by atoms with E-state index >= 15 is 0 Å². The van der Waals surface area contributed by atoms with Crippen LogP contribution >= 0.6 is 11.8 Å². The summed E-state index contributed by atoms with van der Waals surface area (Å²) in [6.07, 6.45) is 5.65. The standard InChI is InChI=1S/C19H23N3O2S/c1-24-18-13-16(25-2)3-4-17(18)19(23)22-11-9-21(10-12-22)14-15-5-7-20-8-6-15/h3-8,13H,9-12,14H2,1-2H3. The Morgan fingerprint density at radius 1 is 1.16 bits per heavy atom. The first kappa shape index (κ1) is 17.8. The summed E-state index contributed by atoms with van der Waals surface area (Å²) in [5.41, 5.74) is 1.90. The van der Waals surface area contributed by atoms with Gasteiger partial charge in [-0.15, -0.1) is 11.8 Å². The molecule has 0 radical (unpaired) electrons. The predicted octanol–water partition coefficient (Wildman–Crippen LogP) is 2.77. The average molecular weight is 357 g/mol. The second kappa shape index (κ2) is 8.36. The van der Waals surface area contributed by atoms with Crippen LogP contribution in [0.5, 0.6) is 5.75 Å². The summed E-state index contributed by atoms with van der Waals surface area (Å²) in [5.74, 6) is 0.698. The molecule has 1 aliphatic rings. The number of carbonyl (C=O) groups is 1. The van der Waals surface area contributed by atoms with E-state index in [4.69, 9.17) is 4.74 Å². The van der Waals surface area contributed by atoms with E-state index in [-0.39, 0.29) is 5.91 Å². The fourth-order valence-electron chi connectivity index (χ4n) is 3.00. The summed E-state index contributed by atoms with van der Waals surface area (Å²) in [7, 11) is 1.61. The fourth-order valence-corrected chi connectivity index (χ4v) is 3.43. The van der Waals surface area contributed by atoms with Crippen LogP contribution in [-0.4, -0.2) is 60.2 Å². The molecule has 3 rings (SSSR count). The molecule has 0 spiro atoms. The van der Waals surface area contributed by atoms with E-state index in [9.17, 15) is 4.79 Å². The lowest BCUT2D eigenvalue weighted by atomic mass is 10.1. The molecule has 0 N–H and O–H groups in total. The van der Waals surface area contributed by atoms with Crippen LogP contribution in [0.1, 0.15) is 15.9 Å². The maximum Gasteiger partial charge on any atom is 0.257 e. The molecule has 2 heterocycles. The summed E-state index contributed by atoms with van der Waals surface area (Å²) in [4.78, 5) is 22.3. The van der Waals surface area contributed by atoms with E-state index in [2.05, 4.69) is 9.88 Å². The number of nitrogens with zero attached hydrogens (tertiary/aromatic N) is 3. The molecule has 0 bridgehead atoms. The number of benzene rings is 1. The van der Waals surface area contributed by atoms with Gasteiger partial charge >= 0.3 is 0 Å². The monoisotopic (exact) mass is 357 g/mol. The molecule has 1 fully saturated rings. The van der Waals surface area contributed by atoms with Crippen molar-refractivity contribution < 1.29 is 9.53 Å². The van der Waals surface area contributed by atoms with E-state index in [1.807, 2.05) is 53.9 Å². The summed E-state index contributed by atoms with van der Waals surface area (Å²) < 4.78 is 5.42. The number of thioether (sulfide) groups is 1. The first-order valence-electron chi connectivity index (χ1n) is 8.34. The molecule has 1 saturated heterocycles. The van der Waals surface area contributed by atoms with Crippen LogP contribution < -0.4 is 4.74 Å². The topological polar surface area (TPSA) is 45.7 Å². The average Bonchev–Trinajstić information content (AvgIpc) is 2.68. The number of methoxy groups -OCH3 is 1. The van der Waals surface area contributed by atoms with Crippen molar-refractivity contribution in [2.45, 2.75) is 11.4 Å². The van der Waals surface area contributed by atoms with Gasteiger partial charge < -0.3 is 9.64 Å². The quantitative estimate of drug-likeness (QED) is 0.770. The van der Waals surface area contributed by atoms with Crippen molar-refractivity contribution in [1.29, 1.82) is 0 Å². The molecular formula is C19H23N3O2S. The first-order valence-corrected chi connectivity index (χ1v) is 9.56. The molecule has 2 aromatic rings. The van der Waals surface area contributed by atoms with Crippen molar-refractivity contribution in [2.75, 3.05) is 39.5 Å². The SMILES string of the molecule is COc1cc(SC)ccc1C(=O)N1CCN(Cc2ccncc2)CC1. The van der Waals surface area contributed by atoms with Gasteiger partial charge in [0.1, 0.15) is 5.75 Å². The molecule has 1 aromatic heterocycles. The number of hydrogen-bond donors (Lipinski definition) is 0. The van der Waals surface area contributed by atoms with Crippen LogP contribution in [-0.2, 0) is 6.54 Å². The lowest BCUT2D eigenvalue weighted by molar-refractivity contribution is 0.0625. The number of carbonyl (C=O) groups excluding carboxylic acids is 1. The summed E-state index contributed by atoms with van der Waals surface area (Å²) in [6.45, 7) is 4.11. The van der Waals surface area contributed by atoms with Gasteiger partial charge in [-0.05, 0) is 42.2 Å². The maximum absolute atomic E-state index is 12.9. The number of rotatable bonds is 5. The van der Waals surface area contributed by atoms with Gasteiger partial charge in [-0.1, -0.05) is 0 Å². The van der Waals surface area contributed by atoms with Crippen molar-refractivity contribution in [2.24, 2.45) is 0 Å². The number of amides is 1. The molecule has 25 heavy (non-hydrogen) atoms. The molecule has 0 unspecified atom stereocenters. The van der Waals surface area contributed by atoms with Crippen LogP contribution in [0, 0.1) is 0 Å². The third kappa shape index (κ3) is 4.32. The Bertz CT molecular complexity index is 716. The van der Waals surface area contributed by atoms with Crippen molar-refractivity contribution in [3.05, 3.63) is 53.9 Å². The Labute approximate surface area is 153 Å². The minimum atomic E-state index is 0.0491. The zero-order valence-electron chi connectivity index (χ0n) is 14.6. The minimum Gasteiger partial charge on any atom is -0.496 e. The summed E-state index contributed by atoms with van der Waals surface area (Å²) in [6, 6.07) is 9.85. The van der Waals surface area contributed by atoms with E-state index in [0.717, 1.165) is 37.6 Å². The zero-order chi connectivity index (χ0) is 17.6. The van der Waals surface area contributed by atoms with Crippen LogP contribution in [0.15, 0.2) is 47.6 Å². The molecule has 0 atom stereocenters. The number of piperazine rings is 1. The highest BCUT2D eigenvalue weighted by Crippen LogP contribution is 2.26. The molecule has 1 amide bonds.